The number of hydrogen-bond donors (Lipinski definition) is 2. The summed E-state index contributed by atoms with van der Waals surface area (Å²) in [6, 6.07) is 15.3. The molecule has 3 amide bonds. The smallest absolute Gasteiger partial charge is 0.411 e. The van der Waals surface area contributed by atoms with Crippen LogP contribution in [-0.4, -0.2) is 35.4 Å². The third-order valence-electron chi connectivity index (χ3n) is 5.52. The van der Waals surface area contributed by atoms with Gasteiger partial charge in [-0.1, -0.05) is 44.2 Å². The highest BCUT2D eigenvalue weighted by atomic mass is 32.1. The molecule has 2 heterocycles. The van der Waals surface area contributed by atoms with Crippen molar-refractivity contribution in [2.24, 2.45) is 5.92 Å². The van der Waals surface area contributed by atoms with E-state index in [-0.39, 0.29) is 24.3 Å². The number of carbonyl (C=O) groups excluding carboxylic acids is 3. The summed E-state index contributed by atoms with van der Waals surface area (Å²) in [5.74, 6) is -0.765. The maximum Gasteiger partial charge on any atom is 0.411 e. The van der Waals surface area contributed by atoms with Gasteiger partial charge in [0.2, 0.25) is 5.91 Å². The number of halogens is 1. The Balaban J connectivity index is 1.56. The van der Waals surface area contributed by atoms with E-state index in [0.717, 1.165) is 0 Å². The summed E-state index contributed by atoms with van der Waals surface area (Å²) >= 11 is 1.34. The lowest BCUT2D eigenvalue weighted by Crippen LogP contribution is -2.47. The van der Waals surface area contributed by atoms with Crippen molar-refractivity contribution in [1.82, 2.24) is 10.2 Å². The Morgan fingerprint density at radius 3 is 2.54 bits per heavy atom. The Bertz CT molecular complexity index is 1200. The Morgan fingerprint density at radius 1 is 1.11 bits per heavy atom. The monoisotopic (exact) mass is 495 g/mol. The largest absolute Gasteiger partial charge is 0.438 e. The van der Waals surface area contributed by atoms with Crippen LogP contribution in [0.1, 0.15) is 40.8 Å². The third kappa shape index (κ3) is 5.86. The highest BCUT2D eigenvalue weighted by Crippen LogP contribution is 2.34. The second kappa shape index (κ2) is 10.7. The fraction of sp³-hybridized carbons (Fsp3) is 0.269. The highest BCUT2D eigenvalue weighted by molar-refractivity contribution is 7.12. The zero-order chi connectivity index (χ0) is 24.9. The van der Waals surface area contributed by atoms with E-state index in [1.54, 1.807) is 48.5 Å². The van der Waals surface area contributed by atoms with E-state index in [9.17, 15) is 18.8 Å². The zero-order valence-corrected chi connectivity index (χ0v) is 20.2. The number of carbonyl (C=O) groups is 3. The third-order valence-corrected chi connectivity index (χ3v) is 6.39. The summed E-state index contributed by atoms with van der Waals surface area (Å²) in [6.07, 6.45) is -1.51. The number of anilines is 1. The molecular formula is C26H26FN3O4S. The first-order chi connectivity index (χ1) is 16.8. The van der Waals surface area contributed by atoms with Gasteiger partial charge in [0.05, 0.1) is 11.4 Å². The first-order valence-corrected chi connectivity index (χ1v) is 12.1. The fourth-order valence-corrected chi connectivity index (χ4v) is 4.43. The first kappa shape index (κ1) is 24.4. The molecule has 0 unspecified atom stereocenters. The predicted molar refractivity (Wildman–Crippen MR) is 132 cm³/mol. The van der Waals surface area contributed by atoms with Gasteiger partial charge >= 0.3 is 6.09 Å². The molecule has 3 aromatic rings. The molecule has 35 heavy (non-hydrogen) atoms. The van der Waals surface area contributed by atoms with Crippen LogP contribution in [0, 0.1) is 11.7 Å². The van der Waals surface area contributed by atoms with Gasteiger partial charge in [-0.25, -0.2) is 9.18 Å². The minimum Gasteiger partial charge on any atom is -0.438 e. The number of cyclic esters (lactones) is 1. The maximum atomic E-state index is 13.7. The molecular weight excluding hydrogens is 469 g/mol. The molecule has 0 saturated carbocycles. The van der Waals surface area contributed by atoms with E-state index in [2.05, 4.69) is 10.6 Å². The Kier molecular flexibility index (Phi) is 7.45. The van der Waals surface area contributed by atoms with Crippen LogP contribution < -0.4 is 10.6 Å². The fourth-order valence-electron chi connectivity index (χ4n) is 3.81. The lowest BCUT2D eigenvalue weighted by atomic mass is 10.00. The quantitative estimate of drug-likeness (QED) is 0.462. The number of ether oxygens (including phenoxy) is 1. The van der Waals surface area contributed by atoms with E-state index in [4.69, 9.17) is 4.74 Å². The molecule has 1 aromatic heterocycles. The minimum atomic E-state index is -0.934. The van der Waals surface area contributed by atoms with E-state index in [1.165, 1.54) is 28.4 Å². The SMILES string of the molecule is CC(C)CNC(=O)[C@@H]1[C@@H](c2ccc(NC(=O)c3cccs3)cc2)OC(=O)N1Cc1cccc(F)c1. The molecule has 1 aliphatic heterocycles. The molecule has 0 aliphatic carbocycles. The van der Waals surface area contributed by atoms with Gasteiger partial charge in [0.25, 0.3) is 5.91 Å². The summed E-state index contributed by atoms with van der Waals surface area (Å²) in [5.41, 5.74) is 1.74. The molecule has 0 radical (unpaired) electrons. The van der Waals surface area contributed by atoms with E-state index in [0.29, 0.717) is 28.2 Å². The molecule has 2 N–H and O–H groups in total. The second-order valence-corrected chi connectivity index (χ2v) is 9.65. The summed E-state index contributed by atoms with van der Waals surface area (Å²) in [5, 5.41) is 7.53. The van der Waals surface area contributed by atoms with Gasteiger partial charge in [0, 0.05) is 12.2 Å². The van der Waals surface area contributed by atoms with E-state index in [1.807, 2.05) is 19.2 Å². The normalized spacial score (nSPS) is 17.4. The van der Waals surface area contributed by atoms with Crippen LogP contribution in [0.15, 0.2) is 66.0 Å². The highest BCUT2D eigenvalue weighted by Gasteiger charge is 2.47. The lowest BCUT2D eigenvalue weighted by Gasteiger charge is -2.24. The number of benzene rings is 2. The van der Waals surface area contributed by atoms with Crippen molar-refractivity contribution in [3.8, 4) is 0 Å². The van der Waals surface area contributed by atoms with Crippen LogP contribution in [0.3, 0.4) is 0 Å². The number of rotatable bonds is 8. The number of nitrogens with zero attached hydrogens (tertiary/aromatic N) is 1. The molecule has 2 atom stereocenters. The van der Waals surface area contributed by atoms with Crippen LogP contribution >= 0.6 is 11.3 Å². The van der Waals surface area contributed by atoms with Crippen LogP contribution in [-0.2, 0) is 16.1 Å². The van der Waals surface area contributed by atoms with Crippen LogP contribution in [0.4, 0.5) is 14.9 Å². The Labute approximate surface area is 206 Å². The molecule has 0 spiro atoms. The maximum absolute atomic E-state index is 13.7. The van der Waals surface area contributed by atoms with E-state index >= 15 is 0 Å². The molecule has 182 valence electrons. The van der Waals surface area contributed by atoms with Crippen molar-refractivity contribution in [3.05, 3.63) is 87.9 Å². The summed E-state index contributed by atoms with van der Waals surface area (Å²) in [6.45, 7) is 4.42. The van der Waals surface area contributed by atoms with Gasteiger partial charge in [-0.05, 0) is 52.8 Å². The molecule has 1 aliphatic rings. The van der Waals surface area contributed by atoms with Gasteiger partial charge in [0.1, 0.15) is 5.82 Å². The van der Waals surface area contributed by atoms with Crippen molar-refractivity contribution < 1.29 is 23.5 Å². The first-order valence-electron chi connectivity index (χ1n) is 11.3. The van der Waals surface area contributed by atoms with Gasteiger partial charge in [-0.2, -0.15) is 0 Å². The van der Waals surface area contributed by atoms with Gasteiger partial charge < -0.3 is 15.4 Å². The molecule has 1 fully saturated rings. The number of amides is 3. The van der Waals surface area contributed by atoms with Gasteiger partial charge in [-0.15, -0.1) is 11.3 Å². The van der Waals surface area contributed by atoms with Crippen molar-refractivity contribution in [2.75, 3.05) is 11.9 Å². The average Bonchev–Trinajstić information content (AvgIpc) is 3.47. The molecule has 7 nitrogen and oxygen atoms in total. The molecule has 0 bridgehead atoms. The van der Waals surface area contributed by atoms with Gasteiger partial charge in [0.15, 0.2) is 12.1 Å². The standard InChI is InChI=1S/C26H26FN3O4S/c1-16(2)14-28-25(32)22-23(34-26(33)30(22)15-17-5-3-6-19(27)13-17)18-8-10-20(11-9-18)29-24(31)21-7-4-12-35-21/h3-13,16,22-23H,14-15H2,1-2H3,(H,28,32)(H,29,31)/t22-,23+/m0/s1. The zero-order valence-electron chi connectivity index (χ0n) is 19.4. The predicted octanol–water partition coefficient (Wildman–Crippen LogP) is 4.97. The summed E-state index contributed by atoms with van der Waals surface area (Å²) in [4.78, 5) is 40.2. The van der Waals surface area contributed by atoms with Crippen molar-refractivity contribution in [2.45, 2.75) is 32.5 Å². The number of thiophene rings is 1. The average molecular weight is 496 g/mol. The van der Waals surface area contributed by atoms with Gasteiger partial charge in [-0.3, -0.25) is 14.5 Å². The van der Waals surface area contributed by atoms with Crippen molar-refractivity contribution in [3.63, 3.8) is 0 Å². The molecule has 4 rings (SSSR count). The molecule has 1 saturated heterocycles. The Hall–Kier alpha value is -3.72. The van der Waals surface area contributed by atoms with Crippen LogP contribution in [0.25, 0.3) is 0 Å². The Morgan fingerprint density at radius 2 is 1.89 bits per heavy atom. The summed E-state index contributed by atoms with van der Waals surface area (Å²) < 4.78 is 19.3. The van der Waals surface area contributed by atoms with Crippen LogP contribution in [0.5, 0.6) is 0 Å². The second-order valence-electron chi connectivity index (χ2n) is 8.70. The minimum absolute atomic E-state index is 0.0296. The van der Waals surface area contributed by atoms with Crippen LogP contribution in [0.2, 0.25) is 0 Å². The number of nitrogens with one attached hydrogen (secondary N) is 2. The lowest BCUT2D eigenvalue weighted by molar-refractivity contribution is -0.126. The molecule has 9 heteroatoms. The van der Waals surface area contributed by atoms with Crippen molar-refractivity contribution in [1.29, 1.82) is 0 Å². The summed E-state index contributed by atoms with van der Waals surface area (Å²) in [7, 11) is 0. The van der Waals surface area contributed by atoms with E-state index < -0.39 is 24.1 Å². The molecule has 2 aromatic carbocycles. The van der Waals surface area contributed by atoms with Crippen molar-refractivity contribution >= 4 is 34.9 Å². The topological polar surface area (TPSA) is 87.7 Å². The number of hydrogen-bond acceptors (Lipinski definition) is 5.